The number of likely N-dealkylation sites (N-methyl/N-ethyl adjacent to an activating group) is 1. The number of aliphatic hydroxyl groups excluding tert-OH is 1. The van der Waals surface area contributed by atoms with Gasteiger partial charge in [-0.25, -0.2) is 0 Å². The molecule has 0 spiro atoms. The summed E-state index contributed by atoms with van der Waals surface area (Å²) in [6.07, 6.45) is 2.66. The van der Waals surface area contributed by atoms with Gasteiger partial charge >= 0.3 is 0 Å². The molecular weight excluding hydrogens is 200 g/mol. The first-order chi connectivity index (χ1) is 7.74. The Morgan fingerprint density at radius 1 is 1.38 bits per heavy atom. The lowest BCUT2D eigenvalue weighted by atomic mass is 10.1. The Morgan fingerprint density at radius 3 is 2.75 bits per heavy atom. The predicted octanol–water partition coefficient (Wildman–Crippen LogP) is 1.91. The van der Waals surface area contributed by atoms with Crippen LogP contribution in [0.2, 0.25) is 0 Å². The number of hydrogen-bond acceptors (Lipinski definition) is 3. The second kappa shape index (κ2) is 4.54. The quantitative estimate of drug-likeness (QED) is 0.821. The lowest BCUT2D eigenvalue weighted by Crippen LogP contribution is -2.37. The fourth-order valence-electron chi connectivity index (χ4n) is 2.43. The highest BCUT2D eigenvalue weighted by Crippen LogP contribution is 2.29. The number of rotatable bonds is 2. The van der Waals surface area contributed by atoms with E-state index in [1.54, 1.807) is 0 Å². The lowest BCUT2D eigenvalue weighted by molar-refractivity contribution is 0.163. The number of nitrogens with zero attached hydrogens (tertiary/aromatic N) is 2. The molecule has 1 aromatic carbocycles. The largest absolute Gasteiger partial charge is 0.391 e. The Morgan fingerprint density at radius 2 is 2.12 bits per heavy atom. The molecule has 3 heteroatoms. The Hall–Kier alpha value is -1.53. The van der Waals surface area contributed by atoms with E-state index < -0.39 is 0 Å². The molecule has 16 heavy (non-hydrogen) atoms. The molecule has 84 valence electrons. The molecule has 2 atom stereocenters. The van der Waals surface area contributed by atoms with Gasteiger partial charge in [-0.1, -0.05) is 12.1 Å². The molecule has 0 radical (unpaired) electrons. The van der Waals surface area contributed by atoms with Gasteiger partial charge in [-0.05, 0) is 31.4 Å². The summed E-state index contributed by atoms with van der Waals surface area (Å²) in [6, 6.07) is 9.87. The minimum Gasteiger partial charge on any atom is -0.391 e. The molecular formula is C13H16N2O. The molecule has 0 amide bonds. The van der Waals surface area contributed by atoms with E-state index in [0.29, 0.717) is 5.56 Å². The van der Waals surface area contributed by atoms with Gasteiger partial charge in [0.1, 0.15) is 6.07 Å². The zero-order valence-electron chi connectivity index (χ0n) is 9.43. The van der Waals surface area contributed by atoms with E-state index >= 15 is 0 Å². The zero-order chi connectivity index (χ0) is 11.5. The fourth-order valence-corrected chi connectivity index (χ4v) is 2.43. The maximum absolute atomic E-state index is 9.86. The molecule has 2 rings (SSSR count). The van der Waals surface area contributed by atoms with Crippen LogP contribution in [0.5, 0.6) is 0 Å². The van der Waals surface area contributed by atoms with Crippen LogP contribution >= 0.6 is 0 Å². The molecule has 1 saturated carbocycles. The summed E-state index contributed by atoms with van der Waals surface area (Å²) in [7, 11) is 1.95. The van der Waals surface area contributed by atoms with Crippen LogP contribution in [0.1, 0.15) is 24.8 Å². The molecule has 1 aliphatic rings. The number of hydrogen-bond donors (Lipinski definition) is 1. The van der Waals surface area contributed by atoms with Crippen molar-refractivity contribution in [1.82, 2.24) is 0 Å². The van der Waals surface area contributed by atoms with Gasteiger partial charge in [-0.2, -0.15) is 5.26 Å². The summed E-state index contributed by atoms with van der Waals surface area (Å²) in [5.41, 5.74) is 1.58. The van der Waals surface area contributed by atoms with E-state index in [4.69, 9.17) is 5.26 Å². The van der Waals surface area contributed by atoms with Crippen LogP contribution in [-0.4, -0.2) is 24.3 Å². The first-order valence-electron chi connectivity index (χ1n) is 5.64. The van der Waals surface area contributed by atoms with E-state index in [1.807, 2.05) is 36.2 Å². The van der Waals surface area contributed by atoms with Crippen molar-refractivity contribution < 1.29 is 5.11 Å². The third kappa shape index (κ3) is 1.89. The molecule has 0 aromatic heterocycles. The average Bonchev–Trinajstić information content (AvgIpc) is 2.74. The van der Waals surface area contributed by atoms with Crippen LogP contribution in [-0.2, 0) is 0 Å². The van der Waals surface area contributed by atoms with Crippen molar-refractivity contribution in [2.45, 2.75) is 31.4 Å². The van der Waals surface area contributed by atoms with Crippen LogP contribution in [0.3, 0.4) is 0 Å². The summed E-state index contributed by atoms with van der Waals surface area (Å²) >= 11 is 0. The van der Waals surface area contributed by atoms with Crippen LogP contribution < -0.4 is 4.90 Å². The first kappa shape index (κ1) is 11.0. The lowest BCUT2D eigenvalue weighted by Gasteiger charge is -2.29. The standard InChI is InChI=1S/C13H16N2O/c1-15(12-7-4-8-13(12)16)11-6-3-2-5-10(11)9-14/h2-3,5-6,12-13,16H,4,7-8H2,1H3/t12-,13-/m0/s1. The van der Waals surface area contributed by atoms with E-state index in [0.717, 1.165) is 24.9 Å². The Balaban J connectivity index is 2.27. The number of anilines is 1. The first-order valence-corrected chi connectivity index (χ1v) is 5.64. The Labute approximate surface area is 95.9 Å². The topological polar surface area (TPSA) is 47.3 Å². The molecule has 0 saturated heterocycles. The van der Waals surface area contributed by atoms with Crippen molar-refractivity contribution in [3.8, 4) is 6.07 Å². The minimum atomic E-state index is -0.267. The minimum absolute atomic E-state index is 0.148. The summed E-state index contributed by atoms with van der Waals surface area (Å²) in [4.78, 5) is 2.04. The highest BCUT2D eigenvalue weighted by Gasteiger charge is 2.29. The molecule has 0 heterocycles. The van der Waals surface area contributed by atoms with E-state index in [9.17, 15) is 5.11 Å². The van der Waals surface area contributed by atoms with Crippen molar-refractivity contribution in [1.29, 1.82) is 5.26 Å². The van der Waals surface area contributed by atoms with Gasteiger partial charge in [-0.15, -0.1) is 0 Å². The van der Waals surface area contributed by atoms with Crippen molar-refractivity contribution >= 4 is 5.69 Å². The van der Waals surface area contributed by atoms with Gasteiger partial charge in [-0.3, -0.25) is 0 Å². The molecule has 0 bridgehead atoms. The highest BCUT2D eigenvalue weighted by atomic mass is 16.3. The molecule has 0 unspecified atom stereocenters. The maximum atomic E-state index is 9.86. The van der Waals surface area contributed by atoms with Gasteiger partial charge in [0.05, 0.1) is 23.4 Å². The third-order valence-corrected chi connectivity index (χ3v) is 3.35. The van der Waals surface area contributed by atoms with Crippen LogP contribution in [0, 0.1) is 11.3 Å². The van der Waals surface area contributed by atoms with Crippen LogP contribution in [0.15, 0.2) is 24.3 Å². The van der Waals surface area contributed by atoms with Gasteiger partial charge in [0, 0.05) is 7.05 Å². The van der Waals surface area contributed by atoms with Crippen molar-refractivity contribution in [3.05, 3.63) is 29.8 Å². The van der Waals surface area contributed by atoms with Crippen molar-refractivity contribution in [2.75, 3.05) is 11.9 Å². The number of para-hydroxylation sites is 1. The maximum Gasteiger partial charge on any atom is 0.101 e. The smallest absolute Gasteiger partial charge is 0.101 e. The normalized spacial score (nSPS) is 24.1. The summed E-state index contributed by atoms with van der Waals surface area (Å²) < 4.78 is 0. The van der Waals surface area contributed by atoms with Gasteiger partial charge in [0.25, 0.3) is 0 Å². The van der Waals surface area contributed by atoms with E-state index in [1.165, 1.54) is 0 Å². The van der Waals surface area contributed by atoms with E-state index in [-0.39, 0.29) is 12.1 Å². The molecule has 1 aromatic rings. The number of aliphatic hydroxyl groups is 1. The summed E-state index contributed by atoms with van der Waals surface area (Å²) in [5.74, 6) is 0. The molecule has 1 N–H and O–H groups in total. The van der Waals surface area contributed by atoms with Crippen molar-refractivity contribution in [3.63, 3.8) is 0 Å². The molecule has 3 nitrogen and oxygen atoms in total. The van der Waals surface area contributed by atoms with Gasteiger partial charge < -0.3 is 10.0 Å². The molecule has 0 aliphatic heterocycles. The monoisotopic (exact) mass is 216 g/mol. The van der Waals surface area contributed by atoms with Gasteiger partial charge in [0.2, 0.25) is 0 Å². The van der Waals surface area contributed by atoms with Crippen LogP contribution in [0.4, 0.5) is 5.69 Å². The van der Waals surface area contributed by atoms with E-state index in [2.05, 4.69) is 6.07 Å². The van der Waals surface area contributed by atoms with Crippen molar-refractivity contribution in [2.24, 2.45) is 0 Å². The molecule has 1 fully saturated rings. The zero-order valence-corrected chi connectivity index (χ0v) is 9.43. The van der Waals surface area contributed by atoms with Crippen LogP contribution in [0.25, 0.3) is 0 Å². The predicted molar refractivity (Wildman–Crippen MR) is 63.2 cm³/mol. The molecule has 1 aliphatic carbocycles. The highest BCUT2D eigenvalue weighted by molar-refractivity contribution is 5.59. The second-order valence-corrected chi connectivity index (χ2v) is 4.31. The summed E-state index contributed by atoms with van der Waals surface area (Å²) in [5, 5.41) is 18.9. The third-order valence-electron chi connectivity index (χ3n) is 3.35. The summed E-state index contributed by atoms with van der Waals surface area (Å²) in [6.45, 7) is 0. The Bertz CT molecular complexity index is 411. The van der Waals surface area contributed by atoms with Gasteiger partial charge in [0.15, 0.2) is 0 Å². The fraction of sp³-hybridized carbons (Fsp3) is 0.462. The number of nitriles is 1. The average molecular weight is 216 g/mol. The second-order valence-electron chi connectivity index (χ2n) is 4.31. The number of benzene rings is 1. The SMILES string of the molecule is CN(c1ccccc1C#N)[C@H]1CCC[C@@H]1O. The Kier molecular flexibility index (Phi) is 3.12.